The molecular weight excluding hydrogens is 475 g/mol. The summed E-state index contributed by atoms with van der Waals surface area (Å²) in [7, 11) is 1.85. The molecule has 1 atom stereocenters. The molecule has 1 aliphatic heterocycles. The van der Waals surface area contributed by atoms with Crippen LogP contribution in [0.3, 0.4) is 0 Å². The molecule has 2 aromatic carbocycles. The number of nitrogens with zero attached hydrogens (tertiary/aromatic N) is 2. The first kappa shape index (κ1) is 21.6. The molecule has 2 heterocycles. The molecule has 0 bridgehead atoms. The quantitative estimate of drug-likeness (QED) is 0.297. The Hall–Kier alpha value is -2.06. The summed E-state index contributed by atoms with van der Waals surface area (Å²) in [6.07, 6.45) is 1.14. The number of benzene rings is 2. The number of nitrogens with one attached hydrogen (secondary N) is 2. The molecule has 3 aromatic rings. The van der Waals surface area contributed by atoms with Crippen LogP contribution in [0.5, 0.6) is 0 Å². The van der Waals surface area contributed by atoms with Crippen molar-refractivity contribution in [1.82, 2.24) is 15.2 Å². The first-order valence-electron chi connectivity index (χ1n) is 9.96. The van der Waals surface area contributed by atoms with Crippen molar-refractivity contribution in [3.05, 3.63) is 71.9 Å². The van der Waals surface area contributed by atoms with E-state index < -0.39 is 0 Å². The Morgan fingerprint density at radius 1 is 1.17 bits per heavy atom. The zero-order valence-electron chi connectivity index (χ0n) is 16.8. The lowest BCUT2D eigenvalue weighted by atomic mass is 10.1. The summed E-state index contributed by atoms with van der Waals surface area (Å²) in [5.41, 5.74) is 3.57. The smallest absolute Gasteiger partial charge is 0.193 e. The highest BCUT2D eigenvalue weighted by Gasteiger charge is 2.25. The molecule has 5 nitrogen and oxygen atoms in total. The zero-order chi connectivity index (χ0) is 19.2. The van der Waals surface area contributed by atoms with E-state index in [0.29, 0.717) is 12.5 Å². The number of fused-ring (bicyclic) bond motifs is 1. The molecule has 154 valence electrons. The fourth-order valence-corrected chi connectivity index (χ4v) is 3.81. The van der Waals surface area contributed by atoms with Gasteiger partial charge in [-0.15, -0.1) is 24.0 Å². The maximum Gasteiger partial charge on any atom is 0.193 e. The molecule has 1 saturated heterocycles. The highest BCUT2D eigenvalue weighted by molar-refractivity contribution is 14.0. The van der Waals surface area contributed by atoms with Crippen LogP contribution < -0.4 is 5.32 Å². The SMILES string of the molecule is CN=C(NCc1cc2ccccc2[nH]1)N1CCC(COCc2ccccc2)C1.I. The number of guanidine groups is 1. The van der Waals surface area contributed by atoms with Gasteiger partial charge in [0.1, 0.15) is 0 Å². The minimum Gasteiger partial charge on any atom is -0.376 e. The molecular formula is C23H29IN4O. The van der Waals surface area contributed by atoms with Crippen molar-refractivity contribution in [2.24, 2.45) is 10.9 Å². The summed E-state index contributed by atoms with van der Waals surface area (Å²) < 4.78 is 5.94. The van der Waals surface area contributed by atoms with Gasteiger partial charge in [-0.2, -0.15) is 0 Å². The van der Waals surface area contributed by atoms with Crippen LogP contribution in [0.2, 0.25) is 0 Å². The zero-order valence-corrected chi connectivity index (χ0v) is 19.1. The van der Waals surface area contributed by atoms with Crippen LogP contribution in [0.1, 0.15) is 17.7 Å². The molecule has 4 rings (SSSR count). The van der Waals surface area contributed by atoms with Gasteiger partial charge in [0.2, 0.25) is 0 Å². The van der Waals surface area contributed by atoms with Crippen LogP contribution in [0, 0.1) is 5.92 Å². The molecule has 1 fully saturated rings. The molecule has 2 N–H and O–H groups in total. The molecule has 6 heteroatoms. The number of ether oxygens (including phenoxy) is 1. The molecule has 0 aliphatic carbocycles. The lowest BCUT2D eigenvalue weighted by Crippen LogP contribution is -2.39. The largest absolute Gasteiger partial charge is 0.376 e. The Morgan fingerprint density at radius 3 is 2.76 bits per heavy atom. The predicted octanol–water partition coefficient (Wildman–Crippen LogP) is 4.40. The average Bonchev–Trinajstić information content (AvgIpc) is 3.36. The number of para-hydroxylation sites is 1. The third-order valence-corrected chi connectivity index (χ3v) is 5.28. The van der Waals surface area contributed by atoms with Gasteiger partial charge in [-0.3, -0.25) is 4.99 Å². The van der Waals surface area contributed by atoms with E-state index in [0.717, 1.165) is 38.6 Å². The first-order chi connectivity index (χ1) is 13.8. The van der Waals surface area contributed by atoms with E-state index in [9.17, 15) is 0 Å². The third-order valence-electron chi connectivity index (χ3n) is 5.28. The number of halogens is 1. The first-order valence-corrected chi connectivity index (χ1v) is 9.96. The Labute approximate surface area is 189 Å². The maximum absolute atomic E-state index is 5.94. The highest BCUT2D eigenvalue weighted by atomic mass is 127. The van der Waals surface area contributed by atoms with Gasteiger partial charge in [-0.05, 0) is 29.5 Å². The summed E-state index contributed by atoms with van der Waals surface area (Å²) in [5, 5.41) is 4.74. The van der Waals surface area contributed by atoms with Gasteiger partial charge in [0, 0.05) is 37.3 Å². The maximum atomic E-state index is 5.94. The number of likely N-dealkylation sites (tertiary alicyclic amines) is 1. The normalized spacial score (nSPS) is 16.8. The molecule has 0 radical (unpaired) electrons. The Balaban J connectivity index is 0.00000240. The minimum absolute atomic E-state index is 0. The van der Waals surface area contributed by atoms with Crippen molar-refractivity contribution < 1.29 is 4.74 Å². The molecule has 0 saturated carbocycles. The number of hydrogen-bond donors (Lipinski definition) is 2. The van der Waals surface area contributed by atoms with Crippen LogP contribution in [-0.4, -0.2) is 42.6 Å². The third kappa shape index (κ3) is 5.73. The fraction of sp³-hybridized carbons (Fsp3) is 0.348. The number of hydrogen-bond acceptors (Lipinski definition) is 2. The van der Waals surface area contributed by atoms with Crippen molar-refractivity contribution in [3.8, 4) is 0 Å². The van der Waals surface area contributed by atoms with Gasteiger partial charge in [-0.1, -0.05) is 48.5 Å². The lowest BCUT2D eigenvalue weighted by Gasteiger charge is -2.21. The summed E-state index contributed by atoms with van der Waals surface area (Å²) in [6, 6.07) is 20.9. The van der Waals surface area contributed by atoms with Crippen molar-refractivity contribution in [2.75, 3.05) is 26.7 Å². The fourth-order valence-electron chi connectivity index (χ4n) is 3.81. The van der Waals surface area contributed by atoms with E-state index in [1.54, 1.807) is 0 Å². The van der Waals surface area contributed by atoms with Crippen molar-refractivity contribution in [2.45, 2.75) is 19.6 Å². The van der Waals surface area contributed by atoms with E-state index in [-0.39, 0.29) is 24.0 Å². The van der Waals surface area contributed by atoms with Gasteiger partial charge in [0.15, 0.2) is 5.96 Å². The Morgan fingerprint density at radius 2 is 1.97 bits per heavy atom. The minimum atomic E-state index is 0. The van der Waals surface area contributed by atoms with Crippen LogP contribution in [0.25, 0.3) is 10.9 Å². The van der Waals surface area contributed by atoms with Crippen molar-refractivity contribution in [3.63, 3.8) is 0 Å². The van der Waals surface area contributed by atoms with Crippen molar-refractivity contribution >= 4 is 40.8 Å². The Bertz CT molecular complexity index is 892. The Kier molecular flexibility index (Phi) is 7.94. The predicted molar refractivity (Wildman–Crippen MR) is 130 cm³/mol. The molecule has 0 spiro atoms. The summed E-state index contributed by atoms with van der Waals surface area (Å²) >= 11 is 0. The second-order valence-electron chi connectivity index (χ2n) is 7.38. The van der Waals surface area contributed by atoms with E-state index in [1.165, 1.54) is 22.2 Å². The topological polar surface area (TPSA) is 52.7 Å². The molecule has 1 unspecified atom stereocenters. The second-order valence-corrected chi connectivity index (χ2v) is 7.38. The van der Waals surface area contributed by atoms with Gasteiger partial charge < -0.3 is 19.9 Å². The molecule has 1 aromatic heterocycles. The van der Waals surface area contributed by atoms with Gasteiger partial charge >= 0.3 is 0 Å². The monoisotopic (exact) mass is 504 g/mol. The summed E-state index contributed by atoms with van der Waals surface area (Å²) in [5.74, 6) is 1.51. The summed E-state index contributed by atoms with van der Waals surface area (Å²) in [4.78, 5) is 10.3. The molecule has 1 aliphatic rings. The molecule has 29 heavy (non-hydrogen) atoms. The number of aliphatic imine (C=N–C) groups is 1. The number of H-pyrrole nitrogens is 1. The van der Waals surface area contributed by atoms with Crippen molar-refractivity contribution in [1.29, 1.82) is 0 Å². The van der Waals surface area contributed by atoms with Crippen LogP contribution in [0.4, 0.5) is 0 Å². The lowest BCUT2D eigenvalue weighted by molar-refractivity contribution is 0.0906. The molecule has 0 amide bonds. The number of aromatic amines is 1. The second kappa shape index (κ2) is 10.6. The highest BCUT2D eigenvalue weighted by Crippen LogP contribution is 2.18. The van der Waals surface area contributed by atoms with Gasteiger partial charge in [0.25, 0.3) is 0 Å². The van der Waals surface area contributed by atoms with E-state index in [4.69, 9.17) is 4.74 Å². The summed E-state index contributed by atoms with van der Waals surface area (Å²) in [6.45, 7) is 4.23. The number of aromatic nitrogens is 1. The van der Waals surface area contributed by atoms with E-state index in [2.05, 4.69) is 74.8 Å². The average molecular weight is 504 g/mol. The van der Waals surface area contributed by atoms with Gasteiger partial charge in [-0.25, -0.2) is 0 Å². The van der Waals surface area contributed by atoms with E-state index in [1.807, 2.05) is 13.1 Å². The van der Waals surface area contributed by atoms with Crippen LogP contribution in [0.15, 0.2) is 65.7 Å². The van der Waals surface area contributed by atoms with E-state index >= 15 is 0 Å². The van der Waals surface area contributed by atoms with Gasteiger partial charge in [0.05, 0.1) is 19.8 Å². The number of rotatable bonds is 6. The standard InChI is InChI=1S/C23H28N4O.HI/c1-24-23(25-14-21-13-20-9-5-6-10-22(20)26-21)27-12-11-19(15-27)17-28-16-18-7-3-2-4-8-18;/h2-10,13,19,26H,11-12,14-17H2,1H3,(H,24,25);1H. The van der Waals surface area contributed by atoms with Crippen LogP contribution in [-0.2, 0) is 17.9 Å². The van der Waals surface area contributed by atoms with Crippen LogP contribution >= 0.6 is 24.0 Å².